The molecule has 0 aliphatic rings. The standard InChI is InChI=1S/C18H22N2O2/c1-4-14-8-5-7-12(2)17(14)20-18(21)13(3)22-16-10-6-9-15(19)11-16/h5-11,13H,4,19H2,1-3H3,(H,20,21). The zero-order valence-corrected chi connectivity index (χ0v) is 13.2. The second-order valence-electron chi connectivity index (χ2n) is 5.28. The molecule has 1 amide bonds. The molecule has 0 bridgehead atoms. The van der Waals surface area contributed by atoms with Crippen LogP contribution in [0.2, 0.25) is 0 Å². The summed E-state index contributed by atoms with van der Waals surface area (Å²) in [6.45, 7) is 5.78. The molecule has 0 aliphatic heterocycles. The van der Waals surface area contributed by atoms with E-state index in [0.717, 1.165) is 23.2 Å². The van der Waals surface area contributed by atoms with Gasteiger partial charge in [0.25, 0.3) is 5.91 Å². The summed E-state index contributed by atoms with van der Waals surface area (Å²) < 4.78 is 5.65. The molecule has 116 valence electrons. The number of nitrogens with two attached hydrogens (primary N) is 1. The number of aryl methyl sites for hydroxylation is 2. The van der Waals surface area contributed by atoms with Crippen molar-refractivity contribution in [1.82, 2.24) is 0 Å². The van der Waals surface area contributed by atoms with Crippen LogP contribution in [-0.2, 0) is 11.2 Å². The first-order valence-corrected chi connectivity index (χ1v) is 7.42. The quantitative estimate of drug-likeness (QED) is 0.830. The Kier molecular flexibility index (Phi) is 5.04. The van der Waals surface area contributed by atoms with E-state index in [2.05, 4.69) is 12.2 Å². The molecular formula is C18H22N2O2. The number of carbonyl (C=O) groups excluding carboxylic acids is 1. The second-order valence-corrected chi connectivity index (χ2v) is 5.28. The monoisotopic (exact) mass is 298 g/mol. The predicted octanol–water partition coefficient (Wildman–Crippen LogP) is 3.55. The third kappa shape index (κ3) is 3.79. The number of benzene rings is 2. The predicted molar refractivity (Wildman–Crippen MR) is 90.1 cm³/mol. The molecule has 1 unspecified atom stereocenters. The lowest BCUT2D eigenvalue weighted by Gasteiger charge is -2.18. The van der Waals surface area contributed by atoms with E-state index in [-0.39, 0.29) is 5.91 Å². The molecule has 0 spiro atoms. The second kappa shape index (κ2) is 6.98. The third-order valence-corrected chi connectivity index (χ3v) is 3.53. The van der Waals surface area contributed by atoms with Crippen LogP contribution in [0.3, 0.4) is 0 Å². The van der Waals surface area contributed by atoms with Gasteiger partial charge in [0.05, 0.1) is 0 Å². The minimum absolute atomic E-state index is 0.175. The van der Waals surface area contributed by atoms with Gasteiger partial charge >= 0.3 is 0 Å². The minimum Gasteiger partial charge on any atom is -0.481 e. The van der Waals surface area contributed by atoms with Crippen molar-refractivity contribution in [2.24, 2.45) is 0 Å². The summed E-state index contributed by atoms with van der Waals surface area (Å²) in [6, 6.07) is 13.1. The molecule has 4 nitrogen and oxygen atoms in total. The molecule has 0 aromatic heterocycles. The van der Waals surface area contributed by atoms with Crippen molar-refractivity contribution in [2.75, 3.05) is 11.1 Å². The van der Waals surface area contributed by atoms with Crippen molar-refractivity contribution in [1.29, 1.82) is 0 Å². The lowest BCUT2D eigenvalue weighted by molar-refractivity contribution is -0.122. The SMILES string of the molecule is CCc1cccc(C)c1NC(=O)C(C)Oc1cccc(N)c1. The van der Waals surface area contributed by atoms with Crippen molar-refractivity contribution in [3.05, 3.63) is 53.6 Å². The molecule has 0 aliphatic carbocycles. The van der Waals surface area contributed by atoms with E-state index in [1.807, 2.05) is 25.1 Å². The molecule has 0 fully saturated rings. The van der Waals surface area contributed by atoms with Crippen LogP contribution < -0.4 is 15.8 Å². The van der Waals surface area contributed by atoms with Gasteiger partial charge in [0.1, 0.15) is 5.75 Å². The Morgan fingerprint density at radius 3 is 2.68 bits per heavy atom. The summed E-state index contributed by atoms with van der Waals surface area (Å²) in [5, 5.41) is 2.97. The Morgan fingerprint density at radius 1 is 1.27 bits per heavy atom. The van der Waals surface area contributed by atoms with E-state index in [1.165, 1.54) is 0 Å². The highest BCUT2D eigenvalue weighted by atomic mass is 16.5. The van der Waals surface area contributed by atoms with E-state index in [1.54, 1.807) is 31.2 Å². The number of rotatable bonds is 5. The number of carbonyl (C=O) groups is 1. The highest BCUT2D eigenvalue weighted by Gasteiger charge is 2.17. The highest BCUT2D eigenvalue weighted by molar-refractivity contribution is 5.95. The van der Waals surface area contributed by atoms with E-state index >= 15 is 0 Å². The number of hydrogen-bond donors (Lipinski definition) is 2. The number of hydrogen-bond acceptors (Lipinski definition) is 3. The van der Waals surface area contributed by atoms with Gasteiger partial charge in [-0.1, -0.05) is 31.2 Å². The highest BCUT2D eigenvalue weighted by Crippen LogP contribution is 2.22. The van der Waals surface area contributed by atoms with Gasteiger partial charge in [-0.15, -0.1) is 0 Å². The number of nitrogen functional groups attached to an aromatic ring is 1. The molecule has 0 heterocycles. The first-order chi connectivity index (χ1) is 10.5. The summed E-state index contributed by atoms with van der Waals surface area (Å²) in [5.74, 6) is 0.412. The minimum atomic E-state index is -0.605. The van der Waals surface area contributed by atoms with Gasteiger partial charge in [-0.2, -0.15) is 0 Å². The maximum absolute atomic E-state index is 12.4. The Balaban J connectivity index is 2.09. The zero-order chi connectivity index (χ0) is 16.1. The fraction of sp³-hybridized carbons (Fsp3) is 0.278. The molecule has 4 heteroatoms. The summed E-state index contributed by atoms with van der Waals surface area (Å²) >= 11 is 0. The maximum atomic E-state index is 12.4. The molecule has 3 N–H and O–H groups in total. The Morgan fingerprint density at radius 2 is 2.00 bits per heavy atom. The molecule has 22 heavy (non-hydrogen) atoms. The Labute approximate surface area is 131 Å². The van der Waals surface area contributed by atoms with Gasteiger partial charge in [-0.3, -0.25) is 4.79 Å². The fourth-order valence-corrected chi connectivity index (χ4v) is 2.27. The summed E-state index contributed by atoms with van der Waals surface area (Å²) in [5.41, 5.74) is 9.35. The Bertz CT molecular complexity index is 668. The lowest BCUT2D eigenvalue weighted by Crippen LogP contribution is -2.30. The molecule has 0 radical (unpaired) electrons. The first kappa shape index (κ1) is 15.9. The number of para-hydroxylation sites is 1. The van der Waals surface area contributed by atoms with Crippen LogP contribution in [0.25, 0.3) is 0 Å². The average molecular weight is 298 g/mol. The van der Waals surface area contributed by atoms with Crippen molar-refractivity contribution in [2.45, 2.75) is 33.3 Å². The molecular weight excluding hydrogens is 276 g/mol. The Hall–Kier alpha value is -2.49. The van der Waals surface area contributed by atoms with E-state index < -0.39 is 6.10 Å². The van der Waals surface area contributed by atoms with Gasteiger partial charge in [0, 0.05) is 17.4 Å². The smallest absolute Gasteiger partial charge is 0.265 e. The van der Waals surface area contributed by atoms with Crippen molar-refractivity contribution in [3.8, 4) is 5.75 Å². The van der Waals surface area contributed by atoms with Crippen LogP contribution in [0.15, 0.2) is 42.5 Å². The molecule has 2 aromatic rings. The largest absolute Gasteiger partial charge is 0.481 e. The number of ether oxygens (including phenoxy) is 1. The van der Waals surface area contributed by atoms with Crippen LogP contribution in [0.5, 0.6) is 5.75 Å². The first-order valence-electron chi connectivity index (χ1n) is 7.42. The van der Waals surface area contributed by atoms with E-state index in [4.69, 9.17) is 10.5 Å². The molecule has 2 rings (SSSR count). The number of anilines is 2. The molecule has 1 atom stereocenters. The van der Waals surface area contributed by atoms with Crippen LogP contribution in [0.4, 0.5) is 11.4 Å². The molecule has 0 saturated carbocycles. The lowest BCUT2D eigenvalue weighted by atomic mass is 10.1. The van der Waals surface area contributed by atoms with Crippen molar-refractivity contribution >= 4 is 17.3 Å². The number of amides is 1. The van der Waals surface area contributed by atoms with Crippen LogP contribution in [-0.4, -0.2) is 12.0 Å². The van der Waals surface area contributed by atoms with Gasteiger partial charge in [-0.05, 0) is 43.5 Å². The summed E-state index contributed by atoms with van der Waals surface area (Å²) in [6.07, 6.45) is 0.257. The normalized spacial score (nSPS) is 11.8. The zero-order valence-electron chi connectivity index (χ0n) is 13.2. The maximum Gasteiger partial charge on any atom is 0.265 e. The molecule has 0 saturated heterocycles. The molecule has 2 aromatic carbocycles. The van der Waals surface area contributed by atoms with Crippen molar-refractivity contribution < 1.29 is 9.53 Å². The van der Waals surface area contributed by atoms with E-state index in [9.17, 15) is 4.79 Å². The van der Waals surface area contributed by atoms with Gasteiger partial charge < -0.3 is 15.8 Å². The van der Waals surface area contributed by atoms with Crippen LogP contribution >= 0.6 is 0 Å². The topological polar surface area (TPSA) is 64.3 Å². The third-order valence-electron chi connectivity index (χ3n) is 3.53. The van der Waals surface area contributed by atoms with Gasteiger partial charge in [-0.25, -0.2) is 0 Å². The number of nitrogens with one attached hydrogen (secondary N) is 1. The van der Waals surface area contributed by atoms with E-state index in [0.29, 0.717) is 11.4 Å². The van der Waals surface area contributed by atoms with Gasteiger partial charge in [0.15, 0.2) is 6.10 Å². The summed E-state index contributed by atoms with van der Waals surface area (Å²) in [4.78, 5) is 12.4. The fourth-order valence-electron chi connectivity index (χ4n) is 2.27. The van der Waals surface area contributed by atoms with Crippen molar-refractivity contribution in [3.63, 3.8) is 0 Å². The van der Waals surface area contributed by atoms with Crippen LogP contribution in [0.1, 0.15) is 25.0 Å². The van der Waals surface area contributed by atoms with Crippen LogP contribution in [0, 0.1) is 6.92 Å². The van der Waals surface area contributed by atoms with Gasteiger partial charge in [0.2, 0.25) is 0 Å². The summed E-state index contributed by atoms with van der Waals surface area (Å²) in [7, 11) is 0. The average Bonchev–Trinajstić information content (AvgIpc) is 2.49.